The molecule has 1 unspecified atom stereocenters. The van der Waals surface area contributed by atoms with Gasteiger partial charge in [-0.2, -0.15) is 0 Å². The molecule has 1 aromatic heterocycles. The summed E-state index contributed by atoms with van der Waals surface area (Å²) in [5, 5.41) is 1.32. The smallest absolute Gasteiger partial charge is 0.0726 e. The third-order valence-corrected chi connectivity index (χ3v) is 6.60. The molecule has 27 heavy (non-hydrogen) atoms. The lowest BCUT2D eigenvalue weighted by molar-refractivity contribution is 0.125. The van der Waals surface area contributed by atoms with Crippen LogP contribution in [0.3, 0.4) is 0 Å². The molecule has 0 spiro atoms. The maximum absolute atomic E-state index is 4.86. The van der Waals surface area contributed by atoms with E-state index in [1.807, 2.05) is 0 Å². The van der Waals surface area contributed by atoms with Crippen molar-refractivity contribution in [3.05, 3.63) is 35.5 Å². The van der Waals surface area contributed by atoms with Crippen LogP contribution in [0.15, 0.2) is 24.3 Å². The fourth-order valence-corrected chi connectivity index (χ4v) is 4.96. The summed E-state index contributed by atoms with van der Waals surface area (Å²) in [5.41, 5.74) is 5.19. The molecule has 0 saturated carbocycles. The second-order valence-corrected chi connectivity index (χ2v) is 8.31. The van der Waals surface area contributed by atoms with E-state index in [-0.39, 0.29) is 0 Å². The van der Waals surface area contributed by atoms with E-state index in [0.717, 1.165) is 31.1 Å². The largest absolute Gasteiger partial charge is 0.368 e. The van der Waals surface area contributed by atoms with Gasteiger partial charge in [0, 0.05) is 49.8 Å². The minimum Gasteiger partial charge on any atom is -0.368 e. The summed E-state index contributed by atoms with van der Waals surface area (Å²) in [6.07, 6.45) is 5.18. The Hall–Kier alpha value is -1.65. The van der Waals surface area contributed by atoms with Crippen LogP contribution in [-0.4, -0.2) is 67.1 Å². The highest BCUT2D eigenvalue weighted by Crippen LogP contribution is 2.33. The Kier molecular flexibility index (Phi) is 5.65. The first-order chi connectivity index (χ1) is 13.2. The van der Waals surface area contributed by atoms with Crippen molar-refractivity contribution in [3.8, 4) is 0 Å². The molecule has 0 aliphatic carbocycles. The average molecular weight is 367 g/mol. The number of pyridine rings is 1. The molecular weight excluding hydrogens is 332 g/mol. The number of rotatable bonds is 4. The van der Waals surface area contributed by atoms with E-state index in [0.29, 0.717) is 0 Å². The topological polar surface area (TPSA) is 22.6 Å². The average Bonchev–Trinajstić information content (AvgIpc) is 2.69. The van der Waals surface area contributed by atoms with Crippen molar-refractivity contribution in [3.63, 3.8) is 0 Å². The fraction of sp³-hybridized carbons (Fsp3) is 0.609. The molecule has 2 aliphatic rings. The summed E-state index contributed by atoms with van der Waals surface area (Å²) >= 11 is 0. The number of piperidine rings is 1. The first-order valence-electron chi connectivity index (χ1n) is 10.7. The maximum Gasteiger partial charge on any atom is 0.0726 e. The zero-order valence-corrected chi connectivity index (χ0v) is 17.2. The zero-order chi connectivity index (χ0) is 18.8. The van der Waals surface area contributed by atoms with E-state index in [1.54, 1.807) is 0 Å². The molecule has 4 nitrogen and oxygen atoms in total. The molecule has 1 atom stereocenters. The number of fused-ring (bicyclic) bond motifs is 1. The standard InChI is InChI=1S/C23H34N4/c1-4-20-18(2)24-22-11-6-5-10-21(22)23(20)27-15-13-26(14-16-27)17-19-9-7-8-12-25(19)3/h5-6,10-11,19H,4,7-9,12-17H2,1-3H3. The van der Waals surface area contributed by atoms with E-state index >= 15 is 0 Å². The van der Waals surface area contributed by atoms with E-state index in [1.165, 1.54) is 67.8 Å². The van der Waals surface area contributed by atoms with Crippen LogP contribution in [0, 0.1) is 6.92 Å². The maximum atomic E-state index is 4.86. The number of aryl methyl sites for hydroxylation is 1. The number of piperazine rings is 1. The minimum atomic E-state index is 0.750. The first-order valence-corrected chi connectivity index (χ1v) is 10.7. The van der Waals surface area contributed by atoms with Gasteiger partial charge in [0.1, 0.15) is 0 Å². The van der Waals surface area contributed by atoms with Crippen molar-refractivity contribution in [1.29, 1.82) is 0 Å². The fourth-order valence-electron chi connectivity index (χ4n) is 4.96. The van der Waals surface area contributed by atoms with Crippen LogP contribution in [-0.2, 0) is 6.42 Å². The quantitative estimate of drug-likeness (QED) is 0.823. The summed E-state index contributed by atoms with van der Waals surface area (Å²) in [6.45, 7) is 11.5. The number of benzene rings is 1. The second-order valence-electron chi connectivity index (χ2n) is 8.31. The van der Waals surface area contributed by atoms with Gasteiger partial charge in [-0.05, 0) is 51.4 Å². The van der Waals surface area contributed by atoms with Crippen molar-refractivity contribution in [2.75, 3.05) is 51.2 Å². The molecule has 0 N–H and O–H groups in total. The van der Waals surface area contributed by atoms with E-state index in [2.05, 4.69) is 59.9 Å². The van der Waals surface area contributed by atoms with Crippen LogP contribution < -0.4 is 4.90 Å². The predicted molar refractivity (Wildman–Crippen MR) is 115 cm³/mol. The molecule has 0 radical (unpaired) electrons. The number of para-hydroxylation sites is 1. The number of likely N-dealkylation sites (N-methyl/N-ethyl adjacent to an activating group) is 1. The Morgan fingerprint density at radius 2 is 1.81 bits per heavy atom. The Balaban J connectivity index is 1.51. The lowest BCUT2D eigenvalue weighted by Gasteiger charge is -2.41. The molecule has 2 aromatic rings. The number of nitrogens with zero attached hydrogens (tertiary/aromatic N) is 4. The SMILES string of the molecule is CCc1c(C)nc2ccccc2c1N1CCN(CC2CCCCN2C)CC1. The molecule has 2 aliphatic heterocycles. The molecular formula is C23H34N4. The van der Waals surface area contributed by atoms with E-state index in [4.69, 9.17) is 4.98 Å². The third-order valence-electron chi connectivity index (χ3n) is 6.60. The summed E-state index contributed by atoms with van der Waals surface area (Å²) in [4.78, 5) is 12.7. The molecule has 3 heterocycles. The van der Waals surface area contributed by atoms with Crippen LogP contribution in [0.2, 0.25) is 0 Å². The van der Waals surface area contributed by atoms with Gasteiger partial charge in [0.15, 0.2) is 0 Å². The number of anilines is 1. The molecule has 4 rings (SSSR count). The minimum absolute atomic E-state index is 0.750. The predicted octanol–water partition coefficient (Wildman–Crippen LogP) is 3.71. The van der Waals surface area contributed by atoms with Gasteiger partial charge in [-0.1, -0.05) is 31.5 Å². The lowest BCUT2D eigenvalue weighted by atomic mass is 10.0. The van der Waals surface area contributed by atoms with Gasteiger partial charge in [-0.15, -0.1) is 0 Å². The van der Waals surface area contributed by atoms with Gasteiger partial charge >= 0.3 is 0 Å². The lowest BCUT2D eigenvalue weighted by Crippen LogP contribution is -2.52. The monoisotopic (exact) mass is 366 g/mol. The number of likely N-dealkylation sites (tertiary alicyclic amines) is 1. The van der Waals surface area contributed by atoms with E-state index < -0.39 is 0 Å². The van der Waals surface area contributed by atoms with Gasteiger partial charge in [0.2, 0.25) is 0 Å². The molecule has 0 bridgehead atoms. The highest BCUT2D eigenvalue weighted by Gasteiger charge is 2.26. The Bertz CT molecular complexity index is 779. The Morgan fingerprint density at radius 1 is 1.04 bits per heavy atom. The Morgan fingerprint density at radius 3 is 2.56 bits per heavy atom. The van der Waals surface area contributed by atoms with Gasteiger partial charge in [0.25, 0.3) is 0 Å². The highest BCUT2D eigenvalue weighted by molar-refractivity contribution is 5.94. The second kappa shape index (κ2) is 8.15. The van der Waals surface area contributed by atoms with Crippen LogP contribution in [0.5, 0.6) is 0 Å². The van der Waals surface area contributed by atoms with Crippen LogP contribution >= 0.6 is 0 Å². The highest BCUT2D eigenvalue weighted by atomic mass is 15.3. The van der Waals surface area contributed by atoms with Crippen molar-refractivity contribution < 1.29 is 0 Å². The van der Waals surface area contributed by atoms with Crippen molar-refractivity contribution in [1.82, 2.24) is 14.8 Å². The number of hydrogen-bond acceptors (Lipinski definition) is 4. The van der Waals surface area contributed by atoms with Crippen molar-refractivity contribution >= 4 is 16.6 Å². The molecule has 0 amide bonds. The van der Waals surface area contributed by atoms with Crippen LogP contribution in [0.4, 0.5) is 5.69 Å². The zero-order valence-electron chi connectivity index (χ0n) is 17.2. The van der Waals surface area contributed by atoms with E-state index in [9.17, 15) is 0 Å². The number of aromatic nitrogens is 1. The number of hydrogen-bond donors (Lipinski definition) is 0. The molecule has 146 valence electrons. The van der Waals surface area contributed by atoms with Crippen molar-refractivity contribution in [2.45, 2.75) is 45.6 Å². The summed E-state index contributed by atoms with van der Waals surface area (Å²) in [6, 6.07) is 9.40. The summed E-state index contributed by atoms with van der Waals surface area (Å²) in [7, 11) is 2.31. The Labute approximate surface area is 164 Å². The molecule has 2 fully saturated rings. The summed E-state index contributed by atoms with van der Waals surface area (Å²) in [5.74, 6) is 0. The van der Waals surface area contributed by atoms with Gasteiger partial charge in [-0.25, -0.2) is 0 Å². The first kappa shape index (κ1) is 18.7. The molecule has 1 aromatic carbocycles. The van der Waals surface area contributed by atoms with Gasteiger partial charge in [0.05, 0.1) is 11.2 Å². The van der Waals surface area contributed by atoms with Crippen molar-refractivity contribution in [2.24, 2.45) is 0 Å². The summed E-state index contributed by atoms with van der Waals surface area (Å²) < 4.78 is 0. The molecule has 4 heteroatoms. The normalized spacial score (nSPS) is 22.5. The van der Waals surface area contributed by atoms with Crippen LogP contribution in [0.25, 0.3) is 10.9 Å². The van der Waals surface area contributed by atoms with Gasteiger partial charge < -0.3 is 9.80 Å². The van der Waals surface area contributed by atoms with Gasteiger partial charge in [-0.3, -0.25) is 9.88 Å². The van der Waals surface area contributed by atoms with Crippen LogP contribution in [0.1, 0.15) is 37.4 Å². The molecule has 2 saturated heterocycles. The third kappa shape index (κ3) is 3.83.